The van der Waals surface area contributed by atoms with Crippen LogP contribution in [0.3, 0.4) is 0 Å². The average molecular weight is 297 g/mol. The fourth-order valence-corrected chi connectivity index (χ4v) is 2.12. The summed E-state index contributed by atoms with van der Waals surface area (Å²) in [5.74, 6) is 0. The summed E-state index contributed by atoms with van der Waals surface area (Å²) in [6.07, 6.45) is 5.10. The maximum Gasteiger partial charge on any atom is 0.0465 e. The molecule has 0 aromatic heterocycles. The highest BCUT2D eigenvalue weighted by Gasteiger charge is 2.03. The molecule has 17 heavy (non-hydrogen) atoms. The molecule has 1 aromatic rings. The Labute approximate surface area is 120 Å². The third kappa shape index (κ3) is 6.52. The summed E-state index contributed by atoms with van der Waals surface area (Å²) in [6.45, 7) is 4.00. The highest BCUT2D eigenvalue weighted by molar-refractivity contribution is 6.35. The lowest BCUT2D eigenvalue weighted by molar-refractivity contribution is 0.598. The molecule has 0 aliphatic heterocycles. The van der Waals surface area contributed by atoms with Gasteiger partial charge in [0.1, 0.15) is 0 Å². The fraction of sp³-hybridized carbons (Fsp3) is 0.538. The summed E-state index contributed by atoms with van der Waals surface area (Å²) < 4.78 is 0. The van der Waals surface area contributed by atoms with Gasteiger partial charge < -0.3 is 5.32 Å². The van der Waals surface area contributed by atoms with Gasteiger partial charge in [0.2, 0.25) is 0 Å². The first-order chi connectivity index (χ1) is 7.75. The van der Waals surface area contributed by atoms with Gasteiger partial charge in [-0.1, -0.05) is 55.5 Å². The van der Waals surface area contributed by atoms with E-state index in [1.54, 1.807) is 0 Å². The van der Waals surface area contributed by atoms with Gasteiger partial charge in [0.25, 0.3) is 0 Å². The molecule has 1 aromatic carbocycles. The Morgan fingerprint density at radius 2 is 1.71 bits per heavy atom. The van der Waals surface area contributed by atoms with Gasteiger partial charge in [-0.2, -0.15) is 0 Å². The summed E-state index contributed by atoms with van der Waals surface area (Å²) >= 11 is 12.1. The molecule has 1 rings (SSSR count). The number of unbranched alkanes of at least 4 members (excludes halogenated alkanes) is 3. The van der Waals surface area contributed by atoms with E-state index in [0.29, 0.717) is 0 Å². The van der Waals surface area contributed by atoms with E-state index in [9.17, 15) is 0 Å². The summed E-state index contributed by atoms with van der Waals surface area (Å²) in [5, 5.41) is 4.86. The molecule has 0 bridgehead atoms. The number of halogens is 3. The number of hydrogen-bond donors (Lipinski definition) is 1. The SMILES string of the molecule is CCCCCCNCc1c(Cl)cccc1Cl.Cl. The van der Waals surface area contributed by atoms with Gasteiger partial charge in [-0.05, 0) is 25.1 Å². The Morgan fingerprint density at radius 1 is 1.06 bits per heavy atom. The Balaban J connectivity index is 0.00000256. The fourth-order valence-electron chi connectivity index (χ4n) is 1.59. The molecule has 0 fully saturated rings. The lowest BCUT2D eigenvalue weighted by atomic mass is 10.2. The highest BCUT2D eigenvalue weighted by atomic mass is 35.5. The quantitative estimate of drug-likeness (QED) is 0.691. The second-order valence-electron chi connectivity index (χ2n) is 3.94. The summed E-state index contributed by atoms with van der Waals surface area (Å²) in [4.78, 5) is 0. The third-order valence-electron chi connectivity index (χ3n) is 2.57. The van der Waals surface area contributed by atoms with Gasteiger partial charge in [0.15, 0.2) is 0 Å². The van der Waals surface area contributed by atoms with Crippen LogP contribution in [0.25, 0.3) is 0 Å². The molecule has 0 radical (unpaired) electrons. The van der Waals surface area contributed by atoms with E-state index < -0.39 is 0 Å². The van der Waals surface area contributed by atoms with E-state index in [0.717, 1.165) is 28.7 Å². The maximum atomic E-state index is 6.07. The zero-order chi connectivity index (χ0) is 11.8. The lowest BCUT2D eigenvalue weighted by Crippen LogP contribution is -2.15. The molecule has 0 aliphatic rings. The standard InChI is InChI=1S/C13H19Cl2N.ClH/c1-2-3-4-5-9-16-10-11-12(14)7-6-8-13(11)15;/h6-8,16H,2-5,9-10H2,1H3;1H. The first-order valence-corrected chi connectivity index (χ1v) is 6.65. The molecule has 0 amide bonds. The van der Waals surface area contributed by atoms with Crippen LogP contribution in [-0.4, -0.2) is 6.54 Å². The average Bonchev–Trinajstić information content (AvgIpc) is 2.26. The molecule has 1 N–H and O–H groups in total. The first kappa shape index (κ1) is 17.1. The van der Waals surface area contributed by atoms with E-state index in [1.165, 1.54) is 25.7 Å². The Bertz CT molecular complexity index is 295. The van der Waals surface area contributed by atoms with Crippen LogP contribution in [0.5, 0.6) is 0 Å². The molecule has 0 heterocycles. The van der Waals surface area contributed by atoms with Gasteiger partial charge in [-0.25, -0.2) is 0 Å². The van der Waals surface area contributed by atoms with E-state index in [2.05, 4.69) is 12.2 Å². The molecule has 0 unspecified atom stereocenters. The van der Waals surface area contributed by atoms with Crippen molar-refractivity contribution in [2.24, 2.45) is 0 Å². The molecule has 1 nitrogen and oxygen atoms in total. The summed E-state index contributed by atoms with van der Waals surface area (Å²) in [6, 6.07) is 5.62. The third-order valence-corrected chi connectivity index (χ3v) is 3.28. The van der Waals surface area contributed by atoms with Crippen molar-refractivity contribution < 1.29 is 0 Å². The molecular formula is C13H20Cl3N. The largest absolute Gasteiger partial charge is 0.313 e. The molecule has 0 saturated carbocycles. The molecule has 0 aliphatic carbocycles. The van der Waals surface area contributed by atoms with Crippen LogP contribution in [0.4, 0.5) is 0 Å². The smallest absolute Gasteiger partial charge is 0.0465 e. The zero-order valence-electron chi connectivity index (χ0n) is 10.1. The first-order valence-electron chi connectivity index (χ1n) is 5.89. The van der Waals surface area contributed by atoms with Crippen LogP contribution in [-0.2, 0) is 6.54 Å². The number of nitrogens with one attached hydrogen (secondary N) is 1. The van der Waals surface area contributed by atoms with Crippen molar-refractivity contribution in [2.75, 3.05) is 6.54 Å². The van der Waals surface area contributed by atoms with Crippen molar-refractivity contribution in [1.82, 2.24) is 5.32 Å². The summed E-state index contributed by atoms with van der Waals surface area (Å²) in [7, 11) is 0. The normalized spacial score (nSPS) is 10.1. The van der Waals surface area contributed by atoms with Crippen molar-refractivity contribution in [1.29, 1.82) is 0 Å². The van der Waals surface area contributed by atoms with Crippen LogP contribution >= 0.6 is 35.6 Å². The predicted molar refractivity (Wildman–Crippen MR) is 79.6 cm³/mol. The van der Waals surface area contributed by atoms with Crippen molar-refractivity contribution in [3.63, 3.8) is 0 Å². The maximum absolute atomic E-state index is 6.07. The van der Waals surface area contributed by atoms with E-state index in [1.807, 2.05) is 18.2 Å². The molecule has 98 valence electrons. The minimum atomic E-state index is 0. The molecule has 0 atom stereocenters. The lowest BCUT2D eigenvalue weighted by Gasteiger charge is -2.08. The van der Waals surface area contributed by atoms with Crippen LogP contribution in [0, 0.1) is 0 Å². The molecule has 4 heteroatoms. The van der Waals surface area contributed by atoms with E-state index >= 15 is 0 Å². The predicted octanol–water partition coefficient (Wildman–Crippen LogP) is 5.09. The van der Waals surface area contributed by atoms with Crippen molar-refractivity contribution in [3.05, 3.63) is 33.8 Å². The van der Waals surface area contributed by atoms with Crippen molar-refractivity contribution in [2.45, 2.75) is 39.2 Å². The van der Waals surface area contributed by atoms with Crippen LogP contribution < -0.4 is 5.32 Å². The second kappa shape index (κ2) is 10.0. The molecular weight excluding hydrogens is 277 g/mol. The van der Waals surface area contributed by atoms with Gasteiger partial charge in [0.05, 0.1) is 0 Å². The Hall–Kier alpha value is 0.0500. The number of hydrogen-bond acceptors (Lipinski definition) is 1. The molecule has 0 saturated heterocycles. The van der Waals surface area contributed by atoms with Crippen molar-refractivity contribution >= 4 is 35.6 Å². The van der Waals surface area contributed by atoms with E-state index in [4.69, 9.17) is 23.2 Å². The van der Waals surface area contributed by atoms with Crippen LogP contribution in [0.1, 0.15) is 38.2 Å². The van der Waals surface area contributed by atoms with E-state index in [-0.39, 0.29) is 12.4 Å². The molecule has 0 spiro atoms. The zero-order valence-corrected chi connectivity index (χ0v) is 12.5. The monoisotopic (exact) mass is 295 g/mol. The highest BCUT2D eigenvalue weighted by Crippen LogP contribution is 2.23. The Kier molecular flexibility index (Phi) is 10.0. The van der Waals surface area contributed by atoms with Gasteiger partial charge >= 0.3 is 0 Å². The minimum Gasteiger partial charge on any atom is -0.313 e. The second-order valence-corrected chi connectivity index (χ2v) is 4.75. The minimum absolute atomic E-state index is 0. The van der Waals surface area contributed by atoms with Crippen LogP contribution in [0.2, 0.25) is 10.0 Å². The Morgan fingerprint density at radius 3 is 2.29 bits per heavy atom. The van der Waals surface area contributed by atoms with Gasteiger partial charge in [0, 0.05) is 22.2 Å². The summed E-state index contributed by atoms with van der Waals surface area (Å²) in [5.41, 5.74) is 1.00. The van der Waals surface area contributed by atoms with Crippen molar-refractivity contribution in [3.8, 4) is 0 Å². The number of benzene rings is 1. The topological polar surface area (TPSA) is 12.0 Å². The van der Waals surface area contributed by atoms with Crippen LogP contribution in [0.15, 0.2) is 18.2 Å². The number of rotatable bonds is 7. The van der Waals surface area contributed by atoms with Gasteiger partial charge in [-0.15, -0.1) is 12.4 Å². The van der Waals surface area contributed by atoms with Gasteiger partial charge in [-0.3, -0.25) is 0 Å².